The second-order valence-electron chi connectivity index (χ2n) is 7.08. The molecule has 0 unspecified atom stereocenters. The van der Waals surface area contributed by atoms with E-state index in [9.17, 15) is 18.3 Å². The molecule has 2 N–H and O–H groups in total. The lowest BCUT2D eigenvalue weighted by Crippen LogP contribution is -2.39. The smallest absolute Gasteiger partial charge is 0.264 e. The largest absolute Gasteiger partial charge is 0.507 e. The molecular weight excluding hydrogens is 474 g/mol. The summed E-state index contributed by atoms with van der Waals surface area (Å²) >= 11 is 0. The van der Waals surface area contributed by atoms with E-state index in [4.69, 9.17) is 14.2 Å². The van der Waals surface area contributed by atoms with Gasteiger partial charge in [-0.3, -0.25) is 9.10 Å². The molecule has 0 heterocycles. The Morgan fingerprint density at radius 3 is 2.29 bits per heavy atom. The Hall–Kier alpha value is -4.25. The molecule has 0 spiro atoms. The number of hydrogen-bond donors (Lipinski definition) is 2. The van der Waals surface area contributed by atoms with Crippen molar-refractivity contribution in [2.75, 3.05) is 32.2 Å². The number of amides is 1. The molecule has 0 atom stereocenters. The molecule has 0 aliphatic rings. The topological polar surface area (TPSA) is 127 Å². The van der Waals surface area contributed by atoms with Gasteiger partial charge in [-0.15, -0.1) is 0 Å². The van der Waals surface area contributed by atoms with Crippen LogP contribution in [-0.2, 0) is 14.8 Å². The van der Waals surface area contributed by atoms with Crippen molar-refractivity contribution in [1.82, 2.24) is 5.43 Å². The standard InChI is InChI=1S/C24H25N3O7S/c1-32-19-10-8-18(9-11-19)27(16-24(29)26-25-15-17-6-4-5-7-21(17)28)35(30,31)20-12-13-22(33-2)23(14-20)34-3/h4-15,28H,16H2,1-3H3,(H,26,29)/b25-15+. The summed E-state index contributed by atoms with van der Waals surface area (Å²) < 4.78 is 43.7. The summed E-state index contributed by atoms with van der Waals surface area (Å²) in [7, 11) is 0.118. The van der Waals surface area contributed by atoms with Crippen LogP contribution >= 0.6 is 0 Å². The third-order valence-corrected chi connectivity index (χ3v) is 6.69. The number of nitrogens with one attached hydrogen (secondary N) is 1. The van der Waals surface area contributed by atoms with Gasteiger partial charge in [-0.2, -0.15) is 5.10 Å². The zero-order valence-corrected chi connectivity index (χ0v) is 20.2. The number of rotatable bonds is 10. The number of carbonyl (C=O) groups is 1. The van der Waals surface area contributed by atoms with Crippen molar-refractivity contribution >= 4 is 27.8 Å². The first kappa shape index (κ1) is 25.4. The number of para-hydroxylation sites is 1. The quantitative estimate of drug-likeness (QED) is 0.324. The number of nitrogens with zero attached hydrogens (tertiary/aromatic N) is 2. The van der Waals surface area contributed by atoms with Crippen LogP contribution in [0.25, 0.3) is 0 Å². The van der Waals surface area contributed by atoms with Gasteiger partial charge in [0.25, 0.3) is 15.9 Å². The Balaban J connectivity index is 1.91. The van der Waals surface area contributed by atoms with Crippen molar-refractivity contribution in [1.29, 1.82) is 0 Å². The highest BCUT2D eigenvalue weighted by Crippen LogP contribution is 2.32. The summed E-state index contributed by atoms with van der Waals surface area (Å²) in [5.74, 6) is 0.394. The molecule has 0 bridgehead atoms. The van der Waals surface area contributed by atoms with E-state index in [2.05, 4.69) is 10.5 Å². The Kier molecular flexibility index (Phi) is 8.16. The molecule has 0 aliphatic heterocycles. The number of anilines is 1. The number of sulfonamides is 1. The number of hydrazone groups is 1. The molecule has 0 fully saturated rings. The van der Waals surface area contributed by atoms with Gasteiger partial charge in [-0.05, 0) is 48.5 Å². The summed E-state index contributed by atoms with van der Waals surface area (Å²) in [5.41, 5.74) is 2.91. The normalized spacial score (nSPS) is 11.2. The Labute approximate surface area is 203 Å². The van der Waals surface area contributed by atoms with Gasteiger partial charge in [0.1, 0.15) is 18.0 Å². The van der Waals surface area contributed by atoms with Gasteiger partial charge in [-0.25, -0.2) is 13.8 Å². The zero-order chi connectivity index (χ0) is 25.4. The van der Waals surface area contributed by atoms with E-state index >= 15 is 0 Å². The van der Waals surface area contributed by atoms with E-state index in [0.717, 1.165) is 4.31 Å². The summed E-state index contributed by atoms with van der Waals surface area (Å²) in [5, 5.41) is 13.6. The van der Waals surface area contributed by atoms with Crippen molar-refractivity contribution < 1.29 is 32.5 Å². The average molecular weight is 500 g/mol. The second-order valence-corrected chi connectivity index (χ2v) is 8.94. The lowest BCUT2D eigenvalue weighted by molar-refractivity contribution is -0.119. The fourth-order valence-corrected chi connectivity index (χ4v) is 4.54. The van der Waals surface area contributed by atoms with Crippen molar-refractivity contribution in [3.63, 3.8) is 0 Å². The van der Waals surface area contributed by atoms with Crippen molar-refractivity contribution in [2.24, 2.45) is 5.10 Å². The fraction of sp³-hybridized carbons (Fsp3) is 0.167. The van der Waals surface area contributed by atoms with Gasteiger partial charge in [0, 0.05) is 11.6 Å². The van der Waals surface area contributed by atoms with Crippen molar-refractivity contribution in [3.8, 4) is 23.0 Å². The highest BCUT2D eigenvalue weighted by atomic mass is 32.2. The van der Waals surface area contributed by atoms with E-state index in [1.807, 2.05) is 0 Å². The van der Waals surface area contributed by atoms with Gasteiger partial charge >= 0.3 is 0 Å². The number of carbonyl (C=O) groups excluding carboxylic acids is 1. The number of phenolic OH excluding ortho intramolecular Hbond substituents is 1. The summed E-state index contributed by atoms with van der Waals surface area (Å²) in [6, 6.07) is 16.8. The molecule has 0 aliphatic carbocycles. The highest BCUT2D eigenvalue weighted by molar-refractivity contribution is 7.92. The number of aromatic hydroxyl groups is 1. The van der Waals surface area contributed by atoms with Crippen LogP contribution < -0.4 is 23.9 Å². The molecule has 35 heavy (non-hydrogen) atoms. The van der Waals surface area contributed by atoms with E-state index in [1.54, 1.807) is 30.3 Å². The predicted molar refractivity (Wildman–Crippen MR) is 131 cm³/mol. The third kappa shape index (κ3) is 6.01. The average Bonchev–Trinajstić information content (AvgIpc) is 2.88. The number of phenols is 1. The Morgan fingerprint density at radius 2 is 1.66 bits per heavy atom. The van der Waals surface area contributed by atoms with Crippen LogP contribution in [0.15, 0.2) is 76.7 Å². The molecule has 11 heteroatoms. The molecule has 184 valence electrons. The third-order valence-electron chi connectivity index (χ3n) is 4.92. The summed E-state index contributed by atoms with van der Waals surface area (Å²) in [6.07, 6.45) is 1.26. The van der Waals surface area contributed by atoms with Crippen LogP contribution in [0.2, 0.25) is 0 Å². The van der Waals surface area contributed by atoms with Gasteiger partial charge in [0.05, 0.1) is 38.1 Å². The molecule has 10 nitrogen and oxygen atoms in total. The first-order chi connectivity index (χ1) is 16.8. The van der Waals surface area contributed by atoms with Crippen LogP contribution in [0.3, 0.4) is 0 Å². The van der Waals surface area contributed by atoms with Gasteiger partial charge in [0.2, 0.25) is 0 Å². The number of benzene rings is 3. The molecule has 0 saturated carbocycles. The van der Waals surface area contributed by atoms with Crippen LogP contribution in [0.4, 0.5) is 5.69 Å². The highest BCUT2D eigenvalue weighted by Gasteiger charge is 2.28. The molecule has 1 amide bonds. The van der Waals surface area contributed by atoms with E-state index in [0.29, 0.717) is 17.1 Å². The lowest BCUT2D eigenvalue weighted by atomic mass is 10.2. The molecule has 3 rings (SSSR count). The first-order valence-electron chi connectivity index (χ1n) is 10.3. The van der Waals surface area contributed by atoms with E-state index in [1.165, 1.54) is 63.9 Å². The zero-order valence-electron chi connectivity index (χ0n) is 19.3. The molecule has 3 aromatic rings. The maximum Gasteiger partial charge on any atom is 0.264 e. The van der Waals surface area contributed by atoms with Crippen molar-refractivity contribution in [3.05, 3.63) is 72.3 Å². The predicted octanol–water partition coefficient (Wildman–Crippen LogP) is 2.76. The Morgan fingerprint density at radius 1 is 0.971 bits per heavy atom. The van der Waals surface area contributed by atoms with Crippen molar-refractivity contribution in [2.45, 2.75) is 4.90 Å². The number of methoxy groups -OCH3 is 3. The number of ether oxygens (including phenoxy) is 3. The SMILES string of the molecule is COc1ccc(N(CC(=O)N/N=C/c2ccccc2O)S(=O)(=O)c2ccc(OC)c(OC)c2)cc1. The number of hydrogen-bond acceptors (Lipinski definition) is 8. The molecular formula is C24H25N3O7S. The summed E-state index contributed by atoms with van der Waals surface area (Å²) in [4.78, 5) is 12.6. The molecule has 0 aromatic heterocycles. The first-order valence-corrected chi connectivity index (χ1v) is 11.7. The maximum atomic E-state index is 13.6. The van der Waals surface area contributed by atoms with Gasteiger partial charge in [0.15, 0.2) is 11.5 Å². The second kappa shape index (κ2) is 11.3. The van der Waals surface area contributed by atoms with Gasteiger partial charge < -0.3 is 19.3 Å². The summed E-state index contributed by atoms with van der Waals surface area (Å²) in [6.45, 7) is -0.568. The van der Waals surface area contributed by atoms with E-state index < -0.39 is 22.5 Å². The lowest BCUT2D eigenvalue weighted by Gasteiger charge is -2.24. The Bertz CT molecular complexity index is 1310. The van der Waals surface area contributed by atoms with Gasteiger partial charge in [-0.1, -0.05) is 12.1 Å². The molecule has 0 radical (unpaired) electrons. The minimum Gasteiger partial charge on any atom is -0.507 e. The maximum absolute atomic E-state index is 13.6. The van der Waals surface area contributed by atoms with E-state index in [-0.39, 0.29) is 22.1 Å². The monoisotopic (exact) mass is 499 g/mol. The minimum absolute atomic E-state index is 0.0126. The molecule has 0 saturated heterocycles. The fourth-order valence-electron chi connectivity index (χ4n) is 3.10. The van der Waals surface area contributed by atoms with Crippen LogP contribution in [0, 0.1) is 0 Å². The molecule has 3 aromatic carbocycles. The van der Waals surface area contributed by atoms with Crippen LogP contribution in [-0.4, -0.2) is 53.5 Å². The van der Waals surface area contributed by atoms with Crippen LogP contribution in [0.1, 0.15) is 5.56 Å². The minimum atomic E-state index is -4.21. The van der Waals surface area contributed by atoms with Crippen LogP contribution in [0.5, 0.6) is 23.0 Å².